The Kier molecular flexibility index (Phi) is 9.20. The van der Waals surface area contributed by atoms with Gasteiger partial charge in [0.1, 0.15) is 11.8 Å². The number of benzene rings is 2. The molecule has 0 aliphatic heterocycles. The lowest BCUT2D eigenvalue weighted by molar-refractivity contribution is -0.142. The van der Waals surface area contributed by atoms with Crippen LogP contribution in [0.2, 0.25) is 10.0 Å². The van der Waals surface area contributed by atoms with E-state index in [4.69, 9.17) is 27.9 Å². The summed E-state index contributed by atoms with van der Waals surface area (Å²) in [6.07, 6.45) is 0.801. The summed E-state index contributed by atoms with van der Waals surface area (Å²) in [5.41, 5.74) is 2.84. The van der Waals surface area contributed by atoms with Gasteiger partial charge >= 0.3 is 0 Å². The highest BCUT2D eigenvalue weighted by molar-refractivity contribution is 6.42. The van der Waals surface area contributed by atoms with Gasteiger partial charge in [-0.05, 0) is 69.0 Å². The molecule has 0 bridgehead atoms. The number of halogens is 2. The zero-order chi connectivity index (χ0) is 23.1. The Balaban J connectivity index is 2.22. The minimum Gasteiger partial charge on any atom is -0.483 e. The van der Waals surface area contributed by atoms with Gasteiger partial charge in [-0.25, -0.2) is 0 Å². The normalized spacial score (nSPS) is 12.7. The predicted molar refractivity (Wildman–Crippen MR) is 126 cm³/mol. The SMILES string of the molecule is CC[C@@H](C)NC(=O)[C@H](C)N(Cc1ccc(Cl)c(Cl)c1)C(=O)COc1cccc(C)c1C. The number of carbonyl (C=O) groups excluding carboxylic acids is 2. The monoisotopic (exact) mass is 464 g/mol. The van der Waals surface area contributed by atoms with Gasteiger partial charge < -0.3 is 15.0 Å². The molecule has 2 rings (SSSR count). The fourth-order valence-corrected chi connectivity index (χ4v) is 3.31. The molecule has 31 heavy (non-hydrogen) atoms. The van der Waals surface area contributed by atoms with E-state index in [1.807, 2.05) is 45.9 Å². The Labute approximate surface area is 194 Å². The summed E-state index contributed by atoms with van der Waals surface area (Å²) in [6.45, 7) is 9.61. The second kappa shape index (κ2) is 11.4. The second-order valence-electron chi connectivity index (χ2n) is 7.75. The summed E-state index contributed by atoms with van der Waals surface area (Å²) >= 11 is 12.2. The molecular formula is C24H30Cl2N2O3. The minimum atomic E-state index is -0.682. The molecule has 0 unspecified atom stereocenters. The number of rotatable bonds is 9. The number of ether oxygens (including phenoxy) is 1. The van der Waals surface area contributed by atoms with Gasteiger partial charge in [-0.1, -0.05) is 48.3 Å². The average Bonchev–Trinajstić information content (AvgIpc) is 2.74. The van der Waals surface area contributed by atoms with E-state index in [2.05, 4.69) is 5.32 Å². The van der Waals surface area contributed by atoms with Crippen molar-refractivity contribution in [2.45, 2.75) is 59.7 Å². The van der Waals surface area contributed by atoms with Gasteiger partial charge in [-0.15, -0.1) is 0 Å². The van der Waals surface area contributed by atoms with E-state index < -0.39 is 6.04 Å². The lowest BCUT2D eigenvalue weighted by atomic mass is 10.1. The van der Waals surface area contributed by atoms with Crippen molar-refractivity contribution < 1.29 is 14.3 Å². The van der Waals surface area contributed by atoms with Crippen LogP contribution >= 0.6 is 23.2 Å². The van der Waals surface area contributed by atoms with Gasteiger partial charge in [0, 0.05) is 12.6 Å². The van der Waals surface area contributed by atoms with Crippen LogP contribution in [0.25, 0.3) is 0 Å². The molecule has 0 fully saturated rings. The summed E-state index contributed by atoms with van der Waals surface area (Å²) < 4.78 is 5.80. The summed E-state index contributed by atoms with van der Waals surface area (Å²) in [5, 5.41) is 3.77. The van der Waals surface area contributed by atoms with Crippen molar-refractivity contribution in [2.24, 2.45) is 0 Å². The molecular weight excluding hydrogens is 435 g/mol. The summed E-state index contributed by atoms with van der Waals surface area (Å²) in [6, 6.07) is 10.2. The third-order valence-electron chi connectivity index (χ3n) is 5.41. The Morgan fingerprint density at radius 1 is 1.10 bits per heavy atom. The summed E-state index contributed by atoms with van der Waals surface area (Å²) in [7, 11) is 0. The van der Waals surface area contributed by atoms with E-state index in [9.17, 15) is 9.59 Å². The first kappa shape index (κ1) is 25.0. The van der Waals surface area contributed by atoms with Gasteiger partial charge in [0.25, 0.3) is 5.91 Å². The van der Waals surface area contributed by atoms with Gasteiger partial charge in [0.05, 0.1) is 10.0 Å². The lowest BCUT2D eigenvalue weighted by Crippen LogP contribution is -2.50. The van der Waals surface area contributed by atoms with Crippen LogP contribution in [0.4, 0.5) is 0 Å². The summed E-state index contributed by atoms with van der Waals surface area (Å²) in [5.74, 6) is 0.146. The number of aryl methyl sites for hydroxylation is 1. The standard InChI is InChI=1S/C24H30Cl2N2O3/c1-6-16(3)27-24(30)18(5)28(13-19-10-11-20(25)21(26)12-19)23(29)14-31-22-9-7-8-15(2)17(22)4/h7-12,16,18H,6,13-14H2,1-5H3,(H,27,30)/t16-,18+/m1/s1. The third-order valence-corrected chi connectivity index (χ3v) is 6.15. The predicted octanol–water partition coefficient (Wildman–Crippen LogP) is 5.32. The molecule has 0 aliphatic carbocycles. The number of hydrogen-bond acceptors (Lipinski definition) is 3. The van der Waals surface area contributed by atoms with E-state index >= 15 is 0 Å². The number of nitrogens with zero attached hydrogens (tertiary/aromatic N) is 1. The van der Waals surface area contributed by atoms with Crippen molar-refractivity contribution in [3.63, 3.8) is 0 Å². The number of hydrogen-bond donors (Lipinski definition) is 1. The Hall–Kier alpha value is -2.24. The number of carbonyl (C=O) groups is 2. The Bertz CT molecular complexity index is 933. The van der Waals surface area contributed by atoms with E-state index in [1.165, 1.54) is 4.90 Å². The first-order valence-corrected chi connectivity index (χ1v) is 11.1. The fraction of sp³-hybridized carbons (Fsp3) is 0.417. The van der Waals surface area contributed by atoms with Gasteiger partial charge in [-0.2, -0.15) is 0 Å². The van der Waals surface area contributed by atoms with E-state index in [-0.39, 0.29) is 31.0 Å². The zero-order valence-electron chi connectivity index (χ0n) is 18.7. The van der Waals surface area contributed by atoms with Gasteiger partial charge in [0.15, 0.2) is 6.61 Å². The molecule has 0 spiro atoms. The van der Waals surface area contributed by atoms with Crippen LogP contribution in [0.3, 0.4) is 0 Å². The molecule has 0 heterocycles. The minimum absolute atomic E-state index is 0.0167. The maximum Gasteiger partial charge on any atom is 0.261 e. The van der Waals surface area contributed by atoms with Crippen LogP contribution in [0.15, 0.2) is 36.4 Å². The maximum atomic E-state index is 13.1. The van der Waals surface area contributed by atoms with Crippen molar-refractivity contribution >= 4 is 35.0 Å². The van der Waals surface area contributed by atoms with Crippen LogP contribution in [0, 0.1) is 13.8 Å². The Morgan fingerprint density at radius 2 is 1.81 bits per heavy atom. The van der Waals surface area contributed by atoms with Crippen LogP contribution < -0.4 is 10.1 Å². The first-order valence-electron chi connectivity index (χ1n) is 10.4. The molecule has 0 radical (unpaired) electrons. The second-order valence-corrected chi connectivity index (χ2v) is 8.57. The molecule has 7 heteroatoms. The first-order chi connectivity index (χ1) is 14.6. The van der Waals surface area contributed by atoms with Crippen LogP contribution in [-0.4, -0.2) is 35.4 Å². The van der Waals surface area contributed by atoms with Crippen LogP contribution in [0.5, 0.6) is 5.75 Å². The Morgan fingerprint density at radius 3 is 2.45 bits per heavy atom. The molecule has 2 aromatic carbocycles. The van der Waals surface area contributed by atoms with Crippen LogP contribution in [0.1, 0.15) is 43.9 Å². The molecule has 0 aliphatic rings. The van der Waals surface area contributed by atoms with E-state index in [0.717, 1.165) is 23.1 Å². The molecule has 0 aromatic heterocycles. The lowest BCUT2D eigenvalue weighted by Gasteiger charge is -2.29. The van der Waals surface area contributed by atoms with E-state index in [0.29, 0.717) is 15.8 Å². The van der Waals surface area contributed by atoms with Crippen molar-refractivity contribution in [1.82, 2.24) is 10.2 Å². The maximum absolute atomic E-state index is 13.1. The van der Waals surface area contributed by atoms with Crippen LogP contribution in [-0.2, 0) is 16.1 Å². The quantitative estimate of drug-likeness (QED) is 0.545. The smallest absolute Gasteiger partial charge is 0.261 e. The van der Waals surface area contributed by atoms with Crippen molar-refractivity contribution in [1.29, 1.82) is 0 Å². The molecule has 2 atom stereocenters. The van der Waals surface area contributed by atoms with E-state index in [1.54, 1.807) is 25.1 Å². The summed E-state index contributed by atoms with van der Waals surface area (Å²) in [4.78, 5) is 27.4. The largest absolute Gasteiger partial charge is 0.483 e. The molecule has 1 N–H and O–H groups in total. The molecule has 2 amide bonds. The van der Waals surface area contributed by atoms with Gasteiger partial charge in [0.2, 0.25) is 5.91 Å². The van der Waals surface area contributed by atoms with Crippen molar-refractivity contribution in [3.8, 4) is 5.75 Å². The average molecular weight is 465 g/mol. The highest BCUT2D eigenvalue weighted by Gasteiger charge is 2.27. The molecule has 2 aromatic rings. The van der Waals surface area contributed by atoms with Crippen molar-refractivity contribution in [2.75, 3.05) is 6.61 Å². The zero-order valence-corrected chi connectivity index (χ0v) is 20.2. The third kappa shape index (κ3) is 6.88. The topological polar surface area (TPSA) is 58.6 Å². The highest BCUT2D eigenvalue weighted by Crippen LogP contribution is 2.24. The fourth-order valence-electron chi connectivity index (χ4n) is 2.99. The molecule has 168 valence electrons. The highest BCUT2D eigenvalue weighted by atomic mass is 35.5. The number of amides is 2. The van der Waals surface area contributed by atoms with Crippen molar-refractivity contribution in [3.05, 3.63) is 63.1 Å². The molecule has 5 nitrogen and oxygen atoms in total. The molecule has 0 saturated heterocycles. The number of nitrogens with one attached hydrogen (secondary N) is 1. The van der Waals surface area contributed by atoms with Gasteiger partial charge in [-0.3, -0.25) is 9.59 Å². The molecule has 0 saturated carbocycles.